The van der Waals surface area contributed by atoms with Gasteiger partial charge in [0.15, 0.2) is 5.78 Å². The number of carbonyl (C=O) groups excluding carboxylic acids is 1. The highest BCUT2D eigenvalue weighted by Crippen LogP contribution is 2.26. The van der Waals surface area contributed by atoms with E-state index < -0.39 is 5.82 Å². The number of nitrogens with one attached hydrogen (secondary N) is 1. The minimum Gasteiger partial charge on any atom is -0.318 e. The molecule has 3 rings (SSSR count). The van der Waals surface area contributed by atoms with Gasteiger partial charge in [-0.15, -0.1) is 5.10 Å². The minimum atomic E-state index is -0.469. The summed E-state index contributed by atoms with van der Waals surface area (Å²) in [6.07, 6.45) is 0.767. The third-order valence-corrected chi connectivity index (χ3v) is 5.21. The van der Waals surface area contributed by atoms with Crippen LogP contribution < -0.4 is 0 Å². The molecule has 0 aliphatic carbocycles. The number of carbonyl (C=O) groups is 1. The average molecular weight is 393 g/mol. The summed E-state index contributed by atoms with van der Waals surface area (Å²) in [5.74, 6) is 0.565. The molecule has 2 aromatic heterocycles. The summed E-state index contributed by atoms with van der Waals surface area (Å²) in [4.78, 5) is 16.9. The number of ketones is 1. The van der Waals surface area contributed by atoms with Crippen LogP contribution in [0.15, 0.2) is 29.4 Å². The Kier molecular flexibility index (Phi) is 5.48. The molecule has 136 valence electrons. The molecule has 26 heavy (non-hydrogen) atoms. The Balaban J connectivity index is 1.82. The Hall–Kier alpha value is -2.12. The smallest absolute Gasteiger partial charge is 0.208 e. The van der Waals surface area contributed by atoms with Crippen LogP contribution in [-0.4, -0.2) is 31.3 Å². The third kappa shape index (κ3) is 3.68. The number of benzene rings is 1. The van der Waals surface area contributed by atoms with E-state index in [4.69, 9.17) is 11.6 Å². The van der Waals surface area contributed by atoms with Crippen molar-refractivity contribution < 1.29 is 9.18 Å². The summed E-state index contributed by atoms with van der Waals surface area (Å²) in [5, 5.41) is 7.53. The Morgan fingerprint density at radius 2 is 2.12 bits per heavy atom. The number of aromatic amines is 1. The number of nitrogens with zero attached hydrogens (tertiary/aromatic N) is 3. The molecular formula is C18H18ClFN4OS. The Morgan fingerprint density at radius 1 is 1.35 bits per heavy atom. The molecule has 0 aliphatic heterocycles. The zero-order valence-electron chi connectivity index (χ0n) is 14.6. The standard InChI is InChI=1S/C18H18ClFN4OS/c1-4-17-21-18(23-22-17)26-9-16(25)13-7-10(2)24(11(13)3)12-5-6-15(20)14(19)8-12/h5-8H,4,9H2,1-3H3,(H,21,22,23). The lowest BCUT2D eigenvalue weighted by Crippen LogP contribution is -2.06. The highest BCUT2D eigenvalue weighted by molar-refractivity contribution is 7.99. The van der Waals surface area contributed by atoms with Gasteiger partial charge in [0.05, 0.1) is 10.8 Å². The van der Waals surface area contributed by atoms with Crippen LogP contribution in [-0.2, 0) is 6.42 Å². The Bertz CT molecular complexity index is 966. The maximum absolute atomic E-state index is 13.4. The molecule has 0 spiro atoms. The first-order valence-corrected chi connectivity index (χ1v) is 9.48. The first-order valence-electron chi connectivity index (χ1n) is 8.12. The summed E-state index contributed by atoms with van der Waals surface area (Å²) in [7, 11) is 0. The maximum atomic E-state index is 13.4. The number of hydrogen-bond donors (Lipinski definition) is 1. The zero-order chi connectivity index (χ0) is 18.8. The molecule has 0 amide bonds. The van der Waals surface area contributed by atoms with E-state index >= 15 is 0 Å². The van der Waals surface area contributed by atoms with Crippen molar-refractivity contribution >= 4 is 29.1 Å². The normalized spacial score (nSPS) is 11.1. The lowest BCUT2D eigenvalue weighted by molar-refractivity contribution is 0.102. The summed E-state index contributed by atoms with van der Waals surface area (Å²) in [6, 6.07) is 6.36. The molecular weight excluding hydrogens is 375 g/mol. The predicted octanol–water partition coefficient (Wildman–Crippen LogP) is 4.54. The van der Waals surface area contributed by atoms with Crippen molar-refractivity contribution in [2.75, 3.05) is 5.75 Å². The Morgan fingerprint density at radius 3 is 2.77 bits per heavy atom. The monoisotopic (exact) mass is 392 g/mol. The van der Waals surface area contributed by atoms with E-state index in [2.05, 4.69) is 15.2 Å². The van der Waals surface area contributed by atoms with Gasteiger partial charge in [-0.3, -0.25) is 9.89 Å². The van der Waals surface area contributed by atoms with E-state index in [-0.39, 0.29) is 16.6 Å². The second-order valence-electron chi connectivity index (χ2n) is 5.85. The molecule has 0 aliphatic rings. The number of aromatic nitrogens is 4. The summed E-state index contributed by atoms with van der Waals surface area (Å²) < 4.78 is 15.3. The molecule has 0 saturated carbocycles. The highest BCUT2D eigenvalue weighted by Gasteiger charge is 2.18. The van der Waals surface area contributed by atoms with Crippen molar-refractivity contribution in [3.8, 4) is 5.69 Å². The number of hydrogen-bond acceptors (Lipinski definition) is 4. The van der Waals surface area contributed by atoms with E-state index in [9.17, 15) is 9.18 Å². The molecule has 0 unspecified atom stereocenters. The van der Waals surface area contributed by atoms with Crippen LogP contribution in [0.3, 0.4) is 0 Å². The van der Waals surface area contributed by atoms with E-state index in [1.54, 1.807) is 12.1 Å². The molecule has 1 aromatic carbocycles. The second-order valence-corrected chi connectivity index (χ2v) is 7.20. The van der Waals surface area contributed by atoms with E-state index in [0.717, 1.165) is 29.3 Å². The van der Waals surface area contributed by atoms with Gasteiger partial charge in [-0.1, -0.05) is 30.3 Å². The van der Waals surface area contributed by atoms with Gasteiger partial charge in [0.25, 0.3) is 0 Å². The van der Waals surface area contributed by atoms with Gasteiger partial charge in [0.2, 0.25) is 5.16 Å². The zero-order valence-corrected chi connectivity index (χ0v) is 16.2. The van der Waals surface area contributed by atoms with Crippen LogP contribution in [0.1, 0.15) is 34.5 Å². The molecule has 8 heteroatoms. The number of Topliss-reactive ketones (excluding diaryl/α,β-unsaturated/α-hetero) is 1. The average Bonchev–Trinajstić information content (AvgIpc) is 3.19. The van der Waals surface area contributed by atoms with Crippen molar-refractivity contribution in [1.29, 1.82) is 0 Å². The predicted molar refractivity (Wildman–Crippen MR) is 101 cm³/mol. The fourth-order valence-corrected chi connectivity index (χ4v) is 3.65. The summed E-state index contributed by atoms with van der Waals surface area (Å²) >= 11 is 7.19. The fraction of sp³-hybridized carbons (Fsp3) is 0.278. The van der Waals surface area contributed by atoms with Crippen molar-refractivity contribution in [2.24, 2.45) is 0 Å². The lowest BCUT2D eigenvalue weighted by atomic mass is 10.2. The first kappa shape index (κ1) is 18.7. The van der Waals surface area contributed by atoms with Crippen LogP contribution in [0.5, 0.6) is 0 Å². The van der Waals surface area contributed by atoms with Crippen LogP contribution in [0.25, 0.3) is 5.69 Å². The summed E-state index contributed by atoms with van der Waals surface area (Å²) in [5.41, 5.74) is 3.02. The molecule has 0 fully saturated rings. The van der Waals surface area contributed by atoms with Gasteiger partial charge in [0.1, 0.15) is 11.6 Å². The number of rotatable bonds is 6. The van der Waals surface area contributed by atoms with Crippen molar-refractivity contribution in [3.05, 3.63) is 57.9 Å². The molecule has 0 saturated heterocycles. The molecule has 1 N–H and O–H groups in total. The topological polar surface area (TPSA) is 63.6 Å². The van der Waals surface area contributed by atoms with Crippen molar-refractivity contribution in [1.82, 2.24) is 19.7 Å². The highest BCUT2D eigenvalue weighted by atomic mass is 35.5. The van der Waals surface area contributed by atoms with Gasteiger partial charge in [-0.2, -0.15) is 0 Å². The molecule has 0 radical (unpaired) electrons. The number of H-pyrrole nitrogens is 1. The second kappa shape index (κ2) is 7.63. The van der Waals surface area contributed by atoms with Gasteiger partial charge < -0.3 is 4.57 Å². The van der Waals surface area contributed by atoms with Crippen molar-refractivity contribution in [2.45, 2.75) is 32.3 Å². The van der Waals surface area contributed by atoms with Crippen LogP contribution in [0.4, 0.5) is 4.39 Å². The third-order valence-electron chi connectivity index (χ3n) is 4.07. The molecule has 3 aromatic rings. The minimum absolute atomic E-state index is 0.00888. The Labute approximate surface area is 160 Å². The first-order chi connectivity index (χ1) is 12.4. The largest absolute Gasteiger partial charge is 0.318 e. The van der Waals surface area contributed by atoms with E-state index in [1.165, 1.54) is 17.8 Å². The SMILES string of the molecule is CCc1nc(SCC(=O)c2cc(C)n(-c3ccc(F)c(Cl)c3)c2C)n[nH]1. The number of thioether (sulfide) groups is 1. The van der Waals surface area contributed by atoms with Gasteiger partial charge in [-0.05, 0) is 38.1 Å². The van der Waals surface area contributed by atoms with E-state index in [1.807, 2.05) is 31.4 Å². The van der Waals surface area contributed by atoms with Gasteiger partial charge >= 0.3 is 0 Å². The molecule has 2 heterocycles. The molecule has 0 bridgehead atoms. The van der Waals surface area contributed by atoms with Gasteiger partial charge in [-0.25, -0.2) is 9.37 Å². The maximum Gasteiger partial charge on any atom is 0.208 e. The van der Waals surface area contributed by atoms with Crippen LogP contribution in [0, 0.1) is 19.7 Å². The van der Waals surface area contributed by atoms with Crippen molar-refractivity contribution in [3.63, 3.8) is 0 Å². The lowest BCUT2D eigenvalue weighted by Gasteiger charge is -2.10. The summed E-state index contributed by atoms with van der Waals surface area (Å²) in [6.45, 7) is 5.75. The molecule has 0 atom stereocenters. The number of aryl methyl sites for hydroxylation is 2. The quantitative estimate of drug-likeness (QED) is 0.494. The number of halogens is 2. The van der Waals surface area contributed by atoms with E-state index in [0.29, 0.717) is 10.7 Å². The van der Waals surface area contributed by atoms with Crippen LogP contribution >= 0.6 is 23.4 Å². The van der Waals surface area contributed by atoms with Crippen LogP contribution in [0.2, 0.25) is 5.02 Å². The molecule has 5 nitrogen and oxygen atoms in total. The fourth-order valence-electron chi connectivity index (χ4n) is 2.77. The van der Waals surface area contributed by atoms with Gasteiger partial charge in [0, 0.05) is 29.1 Å².